The van der Waals surface area contributed by atoms with Crippen molar-refractivity contribution in [3.63, 3.8) is 0 Å². The lowest BCUT2D eigenvalue weighted by Crippen LogP contribution is -2.53. The van der Waals surface area contributed by atoms with Gasteiger partial charge in [0.2, 0.25) is 11.8 Å². The number of nitrogens with zero attached hydrogens (tertiary/aromatic N) is 2. The molecule has 5 nitrogen and oxygen atoms in total. The third-order valence-corrected chi connectivity index (χ3v) is 8.78. The summed E-state index contributed by atoms with van der Waals surface area (Å²) in [5, 5.41) is 11.2. The topological polar surface area (TPSA) is 60.9 Å². The maximum absolute atomic E-state index is 13.0. The van der Waals surface area contributed by atoms with Crippen LogP contribution >= 0.6 is 0 Å². The molecule has 5 heteroatoms. The van der Waals surface area contributed by atoms with Crippen molar-refractivity contribution >= 4 is 11.8 Å². The Morgan fingerprint density at radius 1 is 1.12 bits per heavy atom. The summed E-state index contributed by atoms with van der Waals surface area (Å²) in [6, 6.07) is 0. The second-order valence-corrected chi connectivity index (χ2v) is 11.6. The van der Waals surface area contributed by atoms with Crippen molar-refractivity contribution in [1.29, 1.82) is 0 Å². The Labute approximate surface area is 200 Å². The minimum Gasteiger partial charge on any atom is -0.388 e. The Balaban J connectivity index is 1.23. The molecule has 2 amide bonds. The summed E-state index contributed by atoms with van der Waals surface area (Å²) in [6.07, 6.45) is 19.0. The van der Waals surface area contributed by atoms with Gasteiger partial charge in [0.15, 0.2) is 0 Å². The quantitative estimate of drug-likeness (QED) is 0.611. The number of piperidine rings is 1. The maximum atomic E-state index is 13.0. The molecule has 4 rings (SSSR count). The molecule has 184 valence electrons. The van der Waals surface area contributed by atoms with Crippen LogP contribution in [0.15, 0.2) is 24.3 Å². The highest BCUT2D eigenvalue weighted by atomic mass is 16.3. The van der Waals surface area contributed by atoms with Crippen LogP contribution in [0.5, 0.6) is 0 Å². The number of amides is 2. The van der Waals surface area contributed by atoms with Gasteiger partial charge in [-0.1, -0.05) is 70.3 Å². The summed E-state index contributed by atoms with van der Waals surface area (Å²) in [7, 11) is 0. The molecule has 4 atom stereocenters. The molecule has 0 spiro atoms. The Bertz CT molecular complexity index is 746. The molecule has 4 unspecified atom stereocenters. The van der Waals surface area contributed by atoms with Gasteiger partial charge >= 0.3 is 0 Å². The van der Waals surface area contributed by atoms with Crippen molar-refractivity contribution < 1.29 is 14.7 Å². The van der Waals surface area contributed by atoms with E-state index in [9.17, 15) is 14.7 Å². The van der Waals surface area contributed by atoms with Crippen LogP contribution in [0.3, 0.4) is 0 Å². The zero-order valence-corrected chi connectivity index (χ0v) is 20.8. The molecule has 0 aromatic rings. The van der Waals surface area contributed by atoms with Crippen LogP contribution in [0.1, 0.15) is 78.1 Å². The molecular formula is C28H44N2O3. The van der Waals surface area contributed by atoms with Gasteiger partial charge in [-0.25, -0.2) is 0 Å². The molecule has 0 bridgehead atoms. The van der Waals surface area contributed by atoms with E-state index in [1.54, 1.807) is 0 Å². The van der Waals surface area contributed by atoms with Crippen LogP contribution in [0, 0.1) is 29.6 Å². The van der Waals surface area contributed by atoms with Gasteiger partial charge in [-0.15, -0.1) is 0 Å². The first-order valence-corrected chi connectivity index (χ1v) is 13.5. The standard InChI is InChI=1S/C28H44N2O3/c1-21-8-6-7-11-25(21)17-24-18-26(31)30(19-24)20-28(33)12-14-29(15-13-28)27(32)22(2)16-23-9-4-3-5-10-23/h6-8,11,21-25,33H,3-5,9-10,12-20H2,1-2H3. The van der Waals surface area contributed by atoms with E-state index in [2.05, 4.69) is 38.2 Å². The predicted molar refractivity (Wildman–Crippen MR) is 131 cm³/mol. The first kappa shape index (κ1) is 24.5. The number of carbonyl (C=O) groups is 2. The van der Waals surface area contributed by atoms with E-state index in [1.165, 1.54) is 32.1 Å². The minimum atomic E-state index is -0.866. The van der Waals surface area contributed by atoms with Crippen molar-refractivity contribution in [2.24, 2.45) is 29.6 Å². The van der Waals surface area contributed by atoms with Gasteiger partial charge < -0.3 is 14.9 Å². The molecule has 2 heterocycles. The van der Waals surface area contributed by atoms with Gasteiger partial charge in [0.25, 0.3) is 0 Å². The van der Waals surface area contributed by atoms with Crippen LogP contribution in [0.2, 0.25) is 0 Å². The average molecular weight is 457 g/mol. The molecular weight excluding hydrogens is 412 g/mol. The highest BCUT2D eigenvalue weighted by Gasteiger charge is 2.40. The van der Waals surface area contributed by atoms with Crippen molar-refractivity contribution in [2.75, 3.05) is 26.2 Å². The van der Waals surface area contributed by atoms with E-state index in [0.717, 1.165) is 19.4 Å². The minimum absolute atomic E-state index is 0.0753. The smallest absolute Gasteiger partial charge is 0.225 e. The number of carbonyl (C=O) groups excluding carboxylic acids is 2. The molecule has 1 N–H and O–H groups in total. The predicted octanol–water partition coefficient (Wildman–Crippen LogP) is 4.56. The van der Waals surface area contributed by atoms with E-state index in [-0.39, 0.29) is 17.7 Å². The highest BCUT2D eigenvalue weighted by Crippen LogP contribution is 2.34. The van der Waals surface area contributed by atoms with E-state index >= 15 is 0 Å². The molecule has 4 aliphatic rings. The lowest BCUT2D eigenvalue weighted by atomic mass is 9.82. The van der Waals surface area contributed by atoms with Crippen molar-refractivity contribution in [3.8, 4) is 0 Å². The normalized spacial score (nSPS) is 31.2. The second kappa shape index (κ2) is 10.8. The van der Waals surface area contributed by atoms with E-state index in [4.69, 9.17) is 0 Å². The van der Waals surface area contributed by atoms with Gasteiger partial charge in [-0.2, -0.15) is 0 Å². The van der Waals surface area contributed by atoms with E-state index in [1.807, 2.05) is 9.80 Å². The number of β-amino-alcohol motifs (C(OH)–C–C–N with tert-alkyl or cyclic N) is 1. The largest absolute Gasteiger partial charge is 0.388 e. The van der Waals surface area contributed by atoms with E-state index in [0.29, 0.717) is 62.6 Å². The zero-order valence-electron chi connectivity index (χ0n) is 20.8. The third-order valence-electron chi connectivity index (χ3n) is 8.78. The molecule has 0 aromatic heterocycles. The molecule has 33 heavy (non-hydrogen) atoms. The highest BCUT2D eigenvalue weighted by molar-refractivity contribution is 5.79. The number of aliphatic hydroxyl groups is 1. The molecule has 3 fully saturated rings. The van der Waals surface area contributed by atoms with Gasteiger partial charge in [0, 0.05) is 38.5 Å². The first-order chi connectivity index (χ1) is 15.8. The summed E-state index contributed by atoms with van der Waals surface area (Å²) in [4.78, 5) is 29.5. The number of rotatable bonds is 7. The van der Waals surface area contributed by atoms with Crippen LogP contribution < -0.4 is 0 Å². The number of likely N-dealkylation sites (tertiary alicyclic amines) is 2. The lowest BCUT2D eigenvalue weighted by molar-refractivity contribution is -0.142. The average Bonchev–Trinajstić information content (AvgIpc) is 3.14. The summed E-state index contributed by atoms with van der Waals surface area (Å²) >= 11 is 0. The molecule has 0 aromatic carbocycles. The molecule has 2 aliphatic heterocycles. The zero-order chi connectivity index (χ0) is 23.4. The fourth-order valence-corrected chi connectivity index (χ4v) is 6.60. The van der Waals surface area contributed by atoms with Crippen molar-refractivity contribution in [2.45, 2.75) is 83.7 Å². The molecule has 1 saturated carbocycles. The molecule has 2 saturated heterocycles. The summed E-state index contributed by atoms with van der Waals surface area (Å²) in [5.74, 6) is 2.60. The van der Waals surface area contributed by atoms with Gasteiger partial charge in [0.05, 0.1) is 5.60 Å². The van der Waals surface area contributed by atoms with Crippen molar-refractivity contribution in [3.05, 3.63) is 24.3 Å². The molecule has 2 aliphatic carbocycles. The second-order valence-electron chi connectivity index (χ2n) is 11.6. The van der Waals surface area contributed by atoms with E-state index < -0.39 is 5.60 Å². The number of hydrogen-bond donors (Lipinski definition) is 1. The van der Waals surface area contributed by atoms with Gasteiger partial charge in [-0.3, -0.25) is 9.59 Å². The first-order valence-electron chi connectivity index (χ1n) is 13.5. The number of hydrogen-bond acceptors (Lipinski definition) is 3. The van der Waals surface area contributed by atoms with Crippen LogP contribution in [-0.4, -0.2) is 58.5 Å². The Kier molecular flexibility index (Phi) is 7.99. The molecule has 0 radical (unpaired) electrons. The summed E-state index contributed by atoms with van der Waals surface area (Å²) in [5.41, 5.74) is -0.866. The Morgan fingerprint density at radius 3 is 2.52 bits per heavy atom. The maximum Gasteiger partial charge on any atom is 0.225 e. The van der Waals surface area contributed by atoms with Gasteiger partial charge in [-0.05, 0) is 49.4 Å². The van der Waals surface area contributed by atoms with Crippen LogP contribution in [0.4, 0.5) is 0 Å². The SMILES string of the molecule is CC(CC1CCCCC1)C(=O)N1CCC(O)(CN2CC(CC3C=CC=CC3C)CC2=O)CC1. The van der Waals surface area contributed by atoms with Crippen LogP contribution in [-0.2, 0) is 9.59 Å². The monoisotopic (exact) mass is 456 g/mol. The summed E-state index contributed by atoms with van der Waals surface area (Å²) < 4.78 is 0. The fraction of sp³-hybridized carbons (Fsp3) is 0.786. The van der Waals surface area contributed by atoms with Crippen LogP contribution in [0.25, 0.3) is 0 Å². The number of allylic oxidation sites excluding steroid dienone is 4. The van der Waals surface area contributed by atoms with Crippen molar-refractivity contribution in [1.82, 2.24) is 9.80 Å². The summed E-state index contributed by atoms with van der Waals surface area (Å²) in [6.45, 7) is 6.70. The lowest BCUT2D eigenvalue weighted by Gasteiger charge is -2.41. The third kappa shape index (κ3) is 6.29. The fourth-order valence-electron chi connectivity index (χ4n) is 6.60. The van der Waals surface area contributed by atoms with Gasteiger partial charge in [0.1, 0.15) is 0 Å². The Morgan fingerprint density at radius 2 is 1.82 bits per heavy atom. The Hall–Kier alpha value is -1.62.